The van der Waals surface area contributed by atoms with Crippen LogP contribution in [0.25, 0.3) is 10.8 Å². The van der Waals surface area contributed by atoms with E-state index >= 15 is 0 Å². The van der Waals surface area contributed by atoms with Crippen LogP contribution >= 0.6 is 11.3 Å². The summed E-state index contributed by atoms with van der Waals surface area (Å²) in [7, 11) is 0. The van der Waals surface area contributed by atoms with E-state index in [0.29, 0.717) is 46.5 Å². The third-order valence-electron chi connectivity index (χ3n) is 6.56. The molecule has 4 heterocycles. The molecule has 1 unspecified atom stereocenters. The molecule has 5 rings (SSSR count). The van der Waals surface area contributed by atoms with Gasteiger partial charge in [0.15, 0.2) is 10.8 Å². The van der Waals surface area contributed by atoms with Crippen LogP contribution in [-0.2, 0) is 5.54 Å². The number of nitrogens with two attached hydrogens (primary N) is 1. The van der Waals surface area contributed by atoms with E-state index in [4.69, 9.17) is 15.5 Å². The smallest absolute Gasteiger partial charge is 0.265 e. The molecule has 178 valence electrons. The van der Waals surface area contributed by atoms with Crippen molar-refractivity contribution in [2.45, 2.75) is 52.2 Å². The van der Waals surface area contributed by atoms with Crippen LogP contribution in [0, 0.1) is 18.8 Å². The van der Waals surface area contributed by atoms with Gasteiger partial charge in [-0.25, -0.2) is 19.9 Å². The molecule has 1 aliphatic carbocycles. The minimum atomic E-state index is -0.469. The third kappa shape index (κ3) is 4.30. The van der Waals surface area contributed by atoms with Gasteiger partial charge in [-0.3, -0.25) is 4.79 Å². The monoisotopic (exact) mass is 478 g/mol. The molecule has 3 atom stereocenters. The molecule has 2 N–H and O–H groups in total. The van der Waals surface area contributed by atoms with Gasteiger partial charge in [0.25, 0.3) is 5.91 Å². The van der Waals surface area contributed by atoms with E-state index in [2.05, 4.69) is 34.9 Å². The predicted octanol–water partition coefficient (Wildman–Crippen LogP) is 3.77. The van der Waals surface area contributed by atoms with E-state index in [9.17, 15) is 4.79 Å². The van der Waals surface area contributed by atoms with Gasteiger partial charge in [-0.15, -0.1) is 11.3 Å². The van der Waals surface area contributed by atoms with Crippen molar-refractivity contribution in [2.75, 3.05) is 13.1 Å². The van der Waals surface area contributed by atoms with Gasteiger partial charge < -0.3 is 15.4 Å². The predicted molar refractivity (Wildman–Crippen MR) is 131 cm³/mol. The van der Waals surface area contributed by atoms with Gasteiger partial charge >= 0.3 is 0 Å². The highest BCUT2D eigenvalue weighted by Crippen LogP contribution is 2.48. The Kier molecular flexibility index (Phi) is 5.64. The first-order valence-corrected chi connectivity index (χ1v) is 12.5. The molecule has 0 bridgehead atoms. The Morgan fingerprint density at radius 3 is 2.47 bits per heavy atom. The molecule has 0 spiro atoms. The maximum absolute atomic E-state index is 13.2. The van der Waals surface area contributed by atoms with Gasteiger partial charge in [0.2, 0.25) is 5.88 Å². The third-order valence-corrected chi connectivity index (χ3v) is 7.71. The summed E-state index contributed by atoms with van der Waals surface area (Å²) in [5.41, 5.74) is 8.60. The van der Waals surface area contributed by atoms with E-state index < -0.39 is 5.54 Å². The summed E-state index contributed by atoms with van der Waals surface area (Å²) >= 11 is 1.35. The second-order valence-electron chi connectivity index (χ2n) is 10.1. The molecule has 9 heteroatoms. The average molecular weight is 479 g/mol. The molecule has 0 radical (unpaired) electrons. The van der Waals surface area contributed by atoms with Crippen LogP contribution in [0.3, 0.4) is 0 Å². The zero-order valence-electron chi connectivity index (χ0n) is 20.1. The summed E-state index contributed by atoms with van der Waals surface area (Å²) in [6.07, 6.45) is 3.44. The second kappa shape index (κ2) is 8.39. The molecule has 1 aliphatic heterocycles. The number of rotatable bonds is 6. The number of likely N-dealkylation sites (tertiary alicyclic amines) is 1. The highest BCUT2D eigenvalue weighted by molar-refractivity contribution is 7.17. The Labute approximate surface area is 203 Å². The summed E-state index contributed by atoms with van der Waals surface area (Å²) in [5.74, 6) is 2.13. The van der Waals surface area contributed by atoms with Crippen molar-refractivity contribution in [1.29, 1.82) is 0 Å². The number of hydrogen-bond donors (Lipinski definition) is 1. The first kappa shape index (κ1) is 22.9. The molecule has 1 saturated heterocycles. The first-order valence-electron chi connectivity index (χ1n) is 11.6. The number of ether oxygens (including phenoxy) is 1. The molecule has 2 fully saturated rings. The topological polar surface area (TPSA) is 107 Å². The molecular weight excluding hydrogens is 448 g/mol. The SMILES string of the molecule is Cc1nc(-c2ncccn2)sc1C(=O)N1C[C@@H]2C(Oc3cc(C(C)(C)N)cc(C(C)C)n3)[C@@H]2C1. The lowest BCUT2D eigenvalue weighted by Crippen LogP contribution is -2.33. The summed E-state index contributed by atoms with van der Waals surface area (Å²) < 4.78 is 6.31. The van der Waals surface area contributed by atoms with E-state index in [1.807, 2.05) is 31.7 Å². The number of carbonyl (C=O) groups is 1. The Bertz CT molecular complexity index is 1210. The van der Waals surface area contributed by atoms with Gasteiger partial charge in [-0.05, 0) is 44.4 Å². The number of aromatic nitrogens is 4. The minimum absolute atomic E-state index is 0.0234. The average Bonchev–Trinajstić information content (AvgIpc) is 3.14. The van der Waals surface area contributed by atoms with E-state index in [-0.39, 0.29) is 17.9 Å². The fourth-order valence-electron chi connectivity index (χ4n) is 4.45. The molecule has 0 aromatic carbocycles. The Morgan fingerprint density at radius 1 is 1.18 bits per heavy atom. The highest BCUT2D eigenvalue weighted by Gasteiger charge is 2.59. The molecule has 3 aromatic rings. The lowest BCUT2D eigenvalue weighted by molar-refractivity contribution is 0.0755. The molecule has 2 aliphatic rings. The van der Waals surface area contributed by atoms with Crippen molar-refractivity contribution >= 4 is 17.2 Å². The maximum Gasteiger partial charge on any atom is 0.265 e. The van der Waals surface area contributed by atoms with Crippen LogP contribution in [0.4, 0.5) is 0 Å². The summed E-state index contributed by atoms with van der Waals surface area (Å²) in [6, 6.07) is 5.78. The van der Waals surface area contributed by atoms with Crippen molar-refractivity contribution in [3.8, 4) is 16.7 Å². The van der Waals surface area contributed by atoms with Gasteiger partial charge in [0, 0.05) is 54.6 Å². The highest BCUT2D eigenvalue weighted by atomic mass is 32.1. The number of carbonyl (C=O) groups excluding carboxylic acids is 1. The Morgan fingerprint density at radius 2 is 1.85 bits per heavy atom. The van der Waals surface area contributed by atoms with Crippen molar-refractivity contribution in [3.63, 3.8) is 0 Å². The number of pyridine rings is 1. The van der Waals surface area contributed by atoms with Gasteiger partial charge in [0.05, 0.1) is 5.69 Å². The number of aryl methyl sites for hydroxylation is 1. The normalized spacial score (nSPS) is 21.6. The van der Waals surface area contributed by atoms with Crippen LogP contribution in [-0.4, -0.2) is 49.9 Å². The van der Waals surface area contributed by atoms with Crippen molar-refractivity contribution in [3.05, 3.63) is 52.4 Å². The van der Waals surface area contributed by atoms with Crippen molar-refractivity contribution in [1.82, 2.24) is 24.8 Å². The van der Waals surface area contributed by atoms with Crippen LogP contribution < -0.4 is 10.5 Å². The zero-order valence-corrected chi connectivity index (χ0v) is 21.0. The van der Waals surface area contributed by atoms with E-state index in [0.717, 1.165) is 17.0 Å². The van der Waals surface area contributed by atoms with Crippen LogP contribution in [0.1, 0.15) is 60.2 Å². The number of amides is 1. The number of fused-ring (bicyclic) bond motifs is 1. The Balaban J connectivity index is 1.26. The number of nitrogens with zero attached hydrogens (tertiary/aromatic N) is 5. The van der Waals surface area contributed by atoms with Crippen LogP contribution in [0.2, 0.25) is 0 Å². The first-order chi connectivity index (χ1) is 16.1. The van der Waals surface area contributed by atoms with Gasteiger partial charge in [-0.1, -0.05) is 13.8 Å². The second-order valence-corrected chi connectivity index (χ2v) is 11.1. The summed E-state index contributed by atoms with van der Waals surface area (Å²) in [4.78, 5) is 33.5. The molecule has 8 nitrogen and oxygen atoms in total. The standard InChI is InChI=1S/C25H30N6O2S/c1-13(2)18-9-15(25(4,5)26)10-19(30-18)33-20-16-11-31(12-17(16)20)24(32)21-14(3)29-23(34-21)22-27-7-6-8-28-22/h6-10,13,16-17,20H,11-12,26H2,1-5H3/t16-,17+,20?. The van der Waals surface area contributed by atoms with Crippen LogP contribution in [0.5, 0.6) is 5.88 Å². The lowest BCUT2D eigenvalue weighted by atomic mass is 9.94. The van der Waals surface area contributed by atoms with Crippen LogP contribution in [0.15, 0.2) is 30.6 Å². The lowest BCUT2D eigenvalue weighted by Gasteiger charge is -2.23. The number of thiazole rings is 1. The fourth-order valence-corrected chi connectivity index (χ4v) is 5.43. The van der Waals surface area contributed by atoms with E-state index in [1.54, 1.807) is 18.5 Å². The molecule has 34 heavy (non-hydrogen) atoms. The Hall–Kier alpha value is -2.91. The van der Waals surface area contributed by atoms with E-state index in [1.165, 1.54) is 11.3 Å². The largest absolute Gasteiger partial charge is 0.474 e. The fraction of sp³-hybridized carbons (Fsp3) is 0.480. The van der Waals surface area contributed by atoms with Crippen molar-refractivity contribution < 1.29 is 9.53 Å². The minimum Gasteiger partial charge on any atom is -0.474 e. The van der Waals surface area contributed by atoms with Gasteiger partial charge in [0.1, 0.15) is 11.0 Å². The molecule has 1 saturated carbocycles. The zero-order chi connectivity index (χ0) is 24.2. The van der Waals surface area contributed by atoms with Gasteiger partial charge in [-0.2, -0.15) is 0 Å². The van der Waals surface area contributed by atoms with Crippen molar-refractivity contribution in [2.24, 2.45) is 17.6 Å². The maximum atomic E-state index is 13.2. The molecule has 3 aromatic heterocycles. The number of hydrogen-bond acceptors (Lipinski definition) is 8. The summed E-state index contributed by atoms with van der Waals surface area (Å²) in [6.45, 7) is 11.4. The quantitative estimate of drug-likeness (QED) is 0.575. The summed E-state index contributed by atoms with van der Waals surface area (Å²) in [5, 5.41) is 0.668. The molecule has 1 amide bonds. The number of piperidine rings is 1. The molecular formula is C25H30N6O2S.